The lowest BCUT2D eigenvalue weighted by atomic mass is 10.00. The molecule has 0 aliphatic carbocycles. The van der Waals surface area contributed by atoms with Crippen molar-refractivity contribution in [1.82, 2.24) is 0 Å². The number of ether oxygens (including phenoxy) is 1. The Bertz CT molecular complexity index is 508. The molecular weight excluding hydrogens is 216 g/mol. The highest BCUT2D eigenvalue weighted by molar-refractivity contribution is 5.44. The van der Waals surface area contributed by atoms with Crippen LogP contribution < -0.4 is 4.74 Å². The summed E-state index contributed by atoms with van der Waals surface area (Å²) < 4.78 is 5.19. The van der Waals surface area contributed by atoms with E-state index in [-0.39, 0.29) is 5.75 Å². The zero-order chi connectivity index (χ0) is 12.3. The number of hydrogen-bond donors (Lipinski definition) is 2. The molecule has 0 aliphatic heterocycles. The van der Waals surface area contributed by atoms with Crippen molar-refractivity contribution < 1.29 is 14.9 Å². The summed E-state index contributed by atoms with van der Waals surface area (Å²) in [6, 6.07) is 13.9. The van der Waals surface area contributed by atoms with E-state index in [1.54, 1.807) is 43.5 Å². The molecule has 88 valence electrons. The first-order chi connectivity index (χ1) is 8.24. The summed E-state index contributed by atoms with van der Waals surface area (Å²) in [4.78, 5) is 0. The third-order valence-corrected chi connectivity index (χ3v) is 2.66. The fourth-order valence-electron chi connectivity index (χ4n) is 1.78. The van der Waals surface area contributed by atoms with Gasteiger partial charge in [-0.2, -0.15) is 0 Å². The topological polar surface area (TPSA) is 49.7 Å². The van der Waals surface area contributed by atoms with E-state index in [0.717, 1.165) is 0 Å². The molecule has 3 heteroatoms. The quantitative estimate of drug-likeness (QED) is 0.851. The minimum Gasteiger partial charge on any atom is -0.508 e. The van der Waals surface area contributed by atoms with Crippen molar-refractivity contribution in [1.29, 1.82) is 0 Å². The van der Waals surface area contributed by atoms with Gasteiger partial charge in [-0.15, -0.1) is 0 Å². The lowest BCUT2D eigenvalue weighted by molar-refractivity contribution is 0.210. The van der Waals surface area contributed by atoms with Gasteiger partial charge < -0.3 is 14.9 Å². The smallest absolute Gasteiger partial charge is 0.125 e. The molecular formula is C14H14O3. The number of hydrogen-bond acceptors (Lipinski definition) is 3. The lowest BCUT2D eigenvalue weighted by Gasteiger charge is -2.15. The summed E-state index contributed by atoms with van der Waals surface area (Å²) in [6.07, 6.45) is -0.896. The standard InChI is InChI=1S/C14H14O3/c1-17-13-9-5-3-7-11(13)14(16)10-6-2-4-8-12(10)15/h2-9,14-16H,1H3. The Hall–Kier alpha value is -2.00. The molecule has 2 N–H and O–H groups in total. The molecule has 2 aromatic carbocycles. The van der Waals surface area contributed by atoms with Gasteiger partial charge in [0.05, 0.1) is 7.11 Å². The van der Waals surface area contributed by atoms with Gasteiger partial charge in [-0.1, -0.05) is 36.4 Å². The molecule has 0 bridgehead atoms. The van der Waals surface area contributed by atoms with E-state index in [4.69, 9.17) is 4.74 Å². The van der Waals surface area contributed by atoms with E-state index >= 15 is 0 Å². The molecule has 1 atom stereocenters. The lowest BCUT2D eigenvalue weighted by Crippen LogP contribution is -2.02. The van der Waals surface area contributed by atoms with Crippen molar-refractivity contribution in [2.24, 2.45) is 0 Å². The Morgan fingerprint density at radius 1 is 0.941 bits per heavy atom. The van der Waals surface area contributed by atoms with E-state index in [2.05, 4.69) is 0 Å². The molecule has 3 nitrogen and oxygen atoms in total. The average molecular weight is 230 g/mol. The van der Waals surface area contributed by atoms with Gasteiger partial charge in [0.25, 0.3) is 0 Å². The summed E-state index contributed by atoms with van der Waals surface area (Å²) in [7, 11) is 1.55. The van der Waals surface area contributed by atoms with E-state index < -0.39 is 6.10 Å². The van der Waals surface area contributed by atoms with Gasteiger partial charge in [0.2, 0.25) is 0 Å². The molecule has 0 fully saturated rings. The van der Waals surface area contributed by atoms with Crippen molar-refractivity contribution >= 4 is 0 Å². The largest absolute Gasteiger partial charge is 0.508 e. The molecule has 0 saturated carbocycles. The maximum atomic E-state index is 10.2. The Morgan fingerprint density at radius 2 is 1.53 bits per heavy atom. The number of phenolic OH excluding ortho intramolecular Hbond substituents is 1. The number of rotatable bonds is 3. The first kappa shape index (κ1) is 11.5. The van der Waals surface area contributed by atoms with Crippen LogP contribution in [0, 0.1) is 0 Å². The van der Waals surface area contributed by atoms with Gasteiger partial charge in [0, 0.05) is 11.1 Å². The summed E-state index contributed by atoms with van der Waals surface area (Å²) in [6.45, 7) is 0. The third-order valence-electron chi connectivity index (χ3n) is 2.66. The number of aliphatic hydroxyl groups is 1. The van der Waals surface area contributed by atoms with E-state index in [0.29, 0.717) is 16.9 Å². The number of aromatic hydroxyl groups is 1. The monoisotopic (exact) mass is 230 g/mol. The van der Waals surface area contributed by atoms with Crippen LogP contribution in [0.1, 0.15) is 17.2 Å². The maximum absolute atomic E-state index is 10.2. The van der Waals surface area contributed by atoms with Crippen molar-refractivity contribution in [3.05, 3.63) is 59.7 Å². The SMILES string of the molecule is COc1ccccc1C(O)c1ccccc1O. The van der Waals surface area contributed by atoms with Crippen LogP contribution >= 0.6 is 0 Å². The summed E-state index contributed by atoms with van der Waals surface area (Å²) in [5, 5.41) is 19.9. The molecule has 0 aromatic heterocycles. The van der Waals surface area contributed by atoms with Crippen LogP contribution in [0.3, 0.4) is 0 Å². The van der Waals surface area contributed by atoms with Crippen LogP contribution in [0.5, 0.6) is 11.5 Å². The highest BCUT2D eigenvalue weighted by Gasteiger charge is 2.17. The molecule has 0 heterocycles. The van der Waals surface area contributed by atoms with Crippen molar-refractivity contribution in [3.63, 3.8) is 0 Å². The number of para-hydroxylation sites is 2. The molecule has 17 heavy (non-hydrogen) atoms. The Balaban J connectivity index is 2.44. The highest BCUT2D eigenvalue weighted by atomic mass is 16.5. The fraction of sp³-hybridized carbons (Fsp3) is 0.143. The molecule has 2 rings (SSSR count). The van der Waals surface area contributed by atoms with Crippen LogP contribution in [0.2, 0.25) is 0 Å². The predicted octanol–water partition coefficient (Wildman–Crippen LogP) is 2.48. The Morgan fingerprint density at radius 3 is 2.18 bits per heavy atom. The number of methoxy groups -OCH3 is 1. The zero-order valence-corrected chi connectivity index (χ0v) is 9.50. The van der Waals surface area contributed by atoms with E-state index in [1.165, 1.54) is 0 Å². The van der Waals surface area contributed by atoms with Crippen LogP contribution in [0.4, 0.5) is 0 Å². The van der Waals surface area contributed by atoms with Crippen LogP contribution in [0.15, 0.2) is 48.5 Å². The van der Waals surface area contributed by atoms with Gasteiger partial charge in [-0.25, -0.2) is 0 Å². The first-order valence-corrected chi connectivity index (χ1v) is 5.33. The van der Waals surface area contributed by atoms with Gasteiger partial charge in [-0.3, -0.25) is 0 Å². The summed E-state index contributed by atoms with van der Waals surface area (Å²) in [5.74, 6) is 0.675. The molecule has 0 radical (unpaired) electrons. The molecule has 0 saturated heterocycles. The fourth-order valence-corrected chi connectivity index (χ4v) is 1.78. The first-order valence-electron chi connectivity index (χ1n) is 5.33. The second-order valence-corrected chi connectivity index (χ2v) is 3.70. The van der Waals surface area contributed by atoms with Gasteiger partial charge in [-0.05, 0) is 12.1 Å². The molecule has 0 aliphatic rings. The van der Waals surface area contributed by atoms with Crippen LogP contribution in [-0.2, 0) is 0 Å². The minimum atomic E-state index is -0.896. The van der Waals surface area contributed by atoms with Crippen LogP contribution in [0.25, 0.3) is 0 Å². The number of benzene rings is 2. The average Bonchev–Trinajstić information content (AvgIpc) is 2.38. The number of aliphatic hydroxyl groups excluding tert-OH is 1. The molecule has 0 spiro atoms. The van der Waals surface area contributed by atoms with Crippen molar-refractivity contribution in [3.8, 4) is 11.5 Å². The summed E-state index contributed by atoms with van der Waals surface area (Å²) in [5.41, 5.74) is 1.11. The highest BCUT2D eigenvalue weighted by Crippen LogP contribution is 2.33. The molecule has 0 amide bonds. The zero-order valence-electron chi connectivity index (χ0n) is 9.50. The molecule has 1 unspecified atom stereocenters. The van der Waals surface area contributed by atoms with E-state index in [9.17, 15) is 10.2 Å². The third kappa shape index (κ3) is 2.24. The van der Waals surface area contributed by atoms with Crippen molar-refractivity contribution in [2.45, 2.75) is 6.10 Å². The minimum absolute atomic E-state index is 0.0749. The van der Waals surface area contributed by atoms with Gasteiger partial charge >= 0.3 is 0 Å². The Kier molecular flexibility index (Phi) is 3.30. The number of phenols is 1. The normalized spacial score (nSPS) is 12.1. The summed E-state index contributed by atoms with van der Waals surface area (Å²) >= 11 is 0. The van der Waals surface area contributed by atoms with Gasteiger partial charge in [0.1, 0.15) is 17.6 Å². The molecule has 2 aromatic rings. The van der Waals surface area contributed by atoms with Gasteiger partial charge in [0.15, 0.2) is 0 Å². The van der Waals surface area contributed by atoms with Crippen LogP contribution in [-0.4, -0.2) is 17.3 Å². The van der Waals surface area contributed by atoms with E-state index in [1.807, 2.05) is 12.1 Å². The second kappa shape index (κ2) is 4.89. The second-order valence-electron chi connectivity index (χ2n) is 3.70. The maximum Gasteiger partial charge on any atom is 0.125 e. The predicted molar refractivity (Wildman–Crippen MR) is 65.2 cm³/mol. The van der Waals surface area contributed by atoms with Crippen molar-refractivity contribution in [2.75, 3.05) is 7.11 Å². The Labute approximate surface area is 99.9 Å².